The Bertz CT molecular complexity index is 757. The van der Waals surface area contributed by atoms with E-state index in [1.54, 1.807) is 13.1 Å². The summed E-state index contributed by atoms with van der Waals surface area (Å²) in [6.07, 6.45) is 3.22. The lowest BCUT2D eigenvalue weighted by molar-refractivity contribution is 0.00967. The average Bonchev–Trinajstić information content (AvgIpc) is 3.21. The van der Waals surface area contributed by atoms with Crippen molar-refractivity contribution in [1.29, 1.82) is 0 Å². The standard InChI is InChI=1S/C17H20N4O3/c1-11-3-4-13(9-18-11)15(22)21-7-5-14-17(10-21,6-8-23-14)16-20-19-12(2)24-16/h3-4,9,14H,5-8,10H2,1-2H3/t14-,17-/m1/s1. The summed E-state index contributed by atoms with van der Waals surface area (Å²) in [6, 6.07) is 3.68. The first-order chi connectivity index (χ1) is 11.6. The Balaban J connectivity index is 1.63. The Labute approximate surface area is 140 Å². The van der Waals surface area contributed by atoms with Crippen LogP contribution in [0, 0.1) is 13.8 Å². The van der Waals surface area contributed by atoms with Crippen LogP contribution in [0.3, 0.4) is 0 Å². The van der Waals surface area contributed by atoms with Crippen molar-refractivity contribution >= 4 is 5.91 Å². The zero-order chi connectivity index (χ0) is 16.7. The maximum Gasteiger partial charge on any atom is 0.255 e. The third-order valence-electron chi connectivity index (χ3n) is 5.02. The molecule has 0 spiro atoms. The third-order valence-corrected chi connectivity index (χ3v) is 5.02. The Morgan fingerprint density at radius 3 is 2.92 bits per heavy atom. The van der Waals surface area contributed by atoms with E-state index < -0.39 is 5.41 Å². The number of pyridine rings is 1. The van der Waals surface area contributed by atoms with Crippen LogP contribution >= 0.6 is 0 Å². The highest BCUT2D eigenvalue weighted by Crippen LogP contribution is 2.43. The highest BCUT2D eigenvalue weighted by Gasteiger charge is 2.53. The molecule has 2 atom stereocenters. The maximum atomic E-state index is 12.9. The normalized spacial score (nSPS) is 26.4. The largest absolute Gasteiger partial charge is 0.425 e. The molecular weight excluding hydrogens is 308 g/mol. The van der Waals surface area contributed by atoms with Crippen LogP contribution in [0.5, 0.6) is 0 Å². The molecule has 0 saturated carbocycles. The van der Waals surface area contributed by atoms with E-state index in [2.05, 4.69) is 15.2 Å². The number of ether oxygens (including phenoxy) is 1. The lowest BCUT2D eigenvalue weighted by Gasteiger charge is -2.41. The molecule has 2 aromatic heterocycles. The lowest BCUT2D eigenvalue weighted by atomic mass is 9.76. The van der Waals surface area contributed by atoms with Crippen molar-refractivity contribution in [1.82, 2.24) is 20.1 Å². The molecule has 4 heterocycles. The number of fused-ring (bicyclic) bond motifs is 1. The summed E-state index contributed by atoms with van der Waals surface area (Å²) in [6.45, 7) is 5.53. The van der Waals surface area contributed by atoms with Crippen LogP contribution in [0.1, 0.15) is 40.7 Å². The molecule has 126 valence electrons. The van der Waals surface area contributed by atoms with Gasteiger partial charge in [-0.15, -0.1) is 10.2 Å². The van der Waals surface area contributed by atoms with E-state index >= 15 is 0 Å². The molecule has 0 aromatic carbocycles. The molecule has 2 aromatic rings. The number of piperidine rings is 1. The Morgan fingerprint density at radius 1 is 1.33 bits per heavy atom. The number of rotatable bonds is 2. The Kier molecular flexibility index (Phi) is 3.60. The van der Waals surface area contributed by atoms with E-state index in [0.717, 1.165) is 18.5 Å². The number of hydrogen-bond acceptors (Lipinski definition) is 6. The first-order valence-corrected chi connectivity index (χ1v) is 8.23. The van der Waals surface area contributed by atoms with Crippen LogP contribution in [0.25, 0.3) is 0 Å². The number of hydrogen-bond donors (Lipinski definition) is 0. The van der Waals surface area contributed by atoms with Crippen molar-refractivity contribution in [3.05, 3.63) is 41.4 Å². The minimum atomic E-state index is -0.396. The highest BCUT2D eigenvalue weighted by atomic mass is 16.5. The molecular formula is C17H20N4O3. The van der Waals surface area contributed by atoms with Crippen molar-refractivity contribution in [3.63, 3.8) is 0 Å². The van der Waals surface area contributed by atoms with Crippen LogP contribution in [0.4, 0.5) is 0 Å². The number of amides is 1. The number of carbonyl (C=O) groups excluding carboxylic acids is 1. The lowest BCUT2D eigenvalue weighted by Crippen LogP contribution is -2.54. The summed E-state index contributed by atoms with van der Waals surface area (Å²) < 4.78 is 11.6. The molecule has 24 heavy (non-hydrogen) atoms. The minimum absolute atomic E-state index is 0.0107. The van der Waals surface area contributed by atoms with Gasteiger partial charge in [0.1, 0.15) is 0 Å². The van der Waals surface area contributed by atoms with Gasteiger partial charge in [-0.25, -0.2) is 0 Å². The Hall–Kier alpha value is -2.28. The van der Waals surface area contributed by atoms with Crippen LogP contribution in [0.15, 0.2) is 22.7 Å². The van der Waals surface area contributed by atoms with Crippen molar-refractivity contribution in [2.75, 3.05) is 19.7 Å². The Morgan fingerprint density at radius 2 is 2.21 bits per heavy atom. The molecule has 2 fully saturated rings. The summed E-state index contributed by atoms with van der Waals surface area (Å²) in [7, 11) is 0. The number of carbonyl (C=O) groups is 1. The van der Waals surface area contributed by atoms with Gasteiger partial charge in [0.05, 0.1) is 17.1 Å². The predicted octanol–water partition coefficient (Wildman–Crippen LogP) is 1.65. The smallest absolute Gasteiger partial charge is 0.255 e. The first kappa shape index (κ1) is 15.3. The predicted molar refractivity (Wildman–Crippen MR) is 84.6 cm³/mol. The number of aryl methyl sites for hydroxylation is 2. The van der Waals surface area contributed by atoms with E-state index in [-0.39, 0.29) is 12.0 Å². The molecule has 0 bridgehead atoms. The number of likely N-dealkylation sites (tertiary alicyclic amines) is 1. The summed E-state index contributed by atoms with van der Waals surface area (Å²) >= 11 is 0. The van der Waals surface area contributed by atoms with E-state index in [1.807, 2.05) is 24.0 Å². The molecule has 1 amide bonds. The van der Waals surface area contributed by atoms with Crippen molar-refractivity contribution < 1.29 is 13.9 Å². The van der Waals surface area contributed by atoms with E-state index in [0.29, 0.717) is 37.0 Å². The second kappa shape index (κ2) is 5.66. The fraction of sp³-hybridized carbons (Fsp3) is 0.529. The summed E-state index contributed by atoms with van der Waals surface area (Å²) in [4.78, 5) is 18.9. The molecule has 2 saturated heterocycles. The van der Waals surface area contributed by atoms with Gasteiger partial charge < -0.3 is 14.1 Å². The van der Waals surface area contributed by atoms with Gasteiger partial charge in [-0.2, -0.15) is 0 Å². The topological polar surface area (TPSA) is 81.4 Å². The maximum absolute atomic E-state index is 12.9. The fourth-order valence-electron chi connectivity index (χ4n) is 3.70. The van der Waals surface area contributed by atoms with Gasteiger partial charge in [-0.3, -0.25) is 9.78 Å². The highest BCUT2D eigenvalue weighted by molar-refractivity contribution is 5.94. The summed E-state index contributed by atoms with van der Waals surface area (Å²) in [5, 5.41) is 8.20. The zero-order valence-electron chi connectivity index (χ0n) is 13.9. The van der Waals surface area contributed by atoms with Gasteiger partial charge in [0.2, 0.25) is 11.8 Å². The SMILES string of the molecule is Cc1ccc(C(=O)N2CC[C@H]3OCC[C@@]3(c3nnc(C)o3)C2)cn1. The summed E-state index contributed by atoms with van der Waals surface area (Å²) in [5.41, 5.74) is 1.11. The molecule has 0 radical (unpaired) electrons. The van der Waals surface area contributed by atoms with Gasteiger partial charge in [-0.1, -0.05) is 0 Å². The molecule has 4 rings (SSSR count). The number of nitrogens with zero attached hydrogens (tertiary/aromatic N) is 4. The van der Waals surface area contributed by atoms with Crippen molar-refractivity contribution in [3.8, 4) is 0 Å². The molecule has 2 aliphatic heterocycles. The molecule has 2 aliphatic rings. The number of aromatic nitrogens is 3. The third kappa shape index (κ3) is 2.39. The monoisotopic (exact) mass is 328 g/mol. The van der Waals surface area contributed by atoms with Crippen LogP contribution in [-0.2, 0) is 10.2 Å². The second-order valence-corrected chi connectivity index (χ2v) is 6.60. The van der Waals surface area contributed by atoms with Crippen molar-refractivity contribution in [2.45, 2.75) is 38.2 Å². The fourth-order valence-corrected chi connectivity index (χ4v) is 3.70. The minimum Gasteiger partial charge on any atom is -0.425 e. The molecule has 0 aliphatic carbocycles. The molecule has 7 heteroatoms. The van der Waals surface area contributed by atoms with Gasteiger partial charge in [0, 0.05) is 38.5 Å². The van der Waals surface area contributed by atoms with Gasteiger partial charge in [0.15, 0.2) is 0 Å². The molecule has 0 N–H and O–H groups in total. The van der Waals surface area contributed by atoms with Crippen LogP contribution in [0.2, 0.25) is 0 Å². The second-order valence-electron chi connectivity index (χ2n) is 6.60. The zero-order valence-corrected chi connectivity index (χ0v) is 13.9. The average molecular weight is 328 g/mol. The van der Waals surface area contributed by atoms with Gasteiger partial charge in [0.25, 0.3) is 5.91 Å². The molecule has 0 unspecified atom stereocenters. The van der Waals surface area contributed by atoms with Gasteiger partial charge >= 0.3 is 0 Å². The van der Waals surface area contributed by atoms with E-state index in [1.165, 1.54) is 0 Å². The molecule has 7 nitrogen and oxygen atoms in total. The van der Waals surface area contributed by atoms with E-state index in [9.17, 15) is 4.79 Å². The summed E-state index contributed by atoms with van der Waals surface area (Å²) in [5.74, 6) is 1.11. The van der Waals surface area contributed by atoms with Crippen molar-refractivity contribution in [2.24, 2.45) is 0 Å². The first-order valence-electron chi connectivity index (χ1n) is 8.23. The van der Waals surface area contributed by atoms with E-state index in [4.69, 9.17) is 9.15 Å². The van der Waals surface area contributed by atoms with Crippen LogP contribution in [-0.4, -0.2) is 51.8 Å². The quantitative estimate of drug-likeness (QED) is 0.834. The van der Waals surface area contributed by atoms with Crippen LogP contribution < -0.4 is 0 Å². The van der Waals surface area contributed by atoms with Gasteiger partial charge in [-0.05, 0) is 31.9 Å².